The van der Waals surface area contributed by atoms with E-state index in [-0.39, 0.29) is 0 Å². The van der Waals surface area contributed by atoms with Crippen molar-refractivity contribution in [1.29, 1.82) is 0 Å². The minimum atomic E-state index is 0.469. The maximum Gasteiger partial charge on any atom is 0.0162 e. The number of nitrogens with two attached hydrogens (primary N) is 1. The van der Waals surface area contributed by atoms with Crippen LogP contribution < -0.4 is 11.1 Å². The molecule has 0 aliphatic rings. The standard InChI is InChI=1S/C11H26N2/c1-4-6-11(7-5-2)9-13-10(3)8-12/h10-11,13H,4-9,12H2,1-3H3/t10-/m0/s1. The van der Waals surface area contributed by atoms with Crippen molar-refractivity contribution in [2.45, 2.75) is 52.5 Å². The van der Waals surface area contributed by atoms with Crippen LogP contribution in [-0.2, 0) is 0 Å². The lowest BCUT2D eigenvalue weighted by Gasteiger charge is -2.18. The molecule has 0 spiro atoms. The van der Waals surface area contributed by atoms with E-state index in [1.165, 1.54) is 25.7 Å². The molecule has 2 heteroatoms. The molecule has 0 heterocycles. The van der Waals surface area contributed by atoms with Gasteiger partial charge in [0, 0.05) is 12.6 Å². The highest BCUT2D eigenvalue weighted by atomic mass is 14.9. The van der Waals surface area contributed by atoms with Crippen molar-refractivity contribution >= 4 is 0 Å². The lowest BCUT2D eigenvalue weighted by atomic mass is 9.98. The van der Waals surface area contributed by atoms with Crippen LogP contribution in [0, 0.1) is 5.92 Å². The van der Waals surface area contributed by atoms with Crippen LogP contribution in [0.3, 0.4) is 0 Å². The SMILES string of the molecule is CCCC(CCC)CN[C@@H](C)CN. The molecule has 0 saturated carbocycles. The van der Waals surface area contributed by atoms with Crippen LogP contribution in [-0.4, -0.2) is 19.1 Å². The largest absolute Gasteiger partial charge is 0.329 e. The van der Waals surface area contributed by atoms with Gasteiger partial charge in [-0.1, -0.05) is 26.7 Å². The van der Waals surface area contributed by atoms with Crippen molar-refractivity contribution in [1.82, 2.24) is 5.32 Å². The molecule has 0 aromatic carbocycles. The summed E-state index contributed by atoms with van der Waals surface area (Å²) in [7, 11) is 0. The molecule has 0 radical (unpaired) electrons. The maximum absolute atomic E-state index is 5.54. The monoisotopic (exact) mass is 186 g/mol. The summed E-state index contributed by atoms with van der Waals surface area (Å²) in [6.45, 7) is 8.55. The fourth-order valence-corrected chi connectivity index (χ4v) is 1.62. The highest BCUT2D eigenvalue weighted by Gasteiger charge is 2.07. The van der Waals surface area contributed by atoms with Crippen molar-refractivity contribution in [2.75, 3.05) is 13.1 Å². The molecule has 0 aliphatic carbocycles. The molecule has 0 amide bonds. The van der Waals surface area contributed by atoms with Crippen LogP contribution in [0.4, 0.5) is 0 Å². The summed E-state index contributed by atoms with van der Waals surface area (Å²) in [6, 6.07) is 0.469. The third-order valence-corrected chi connectivity index (χ3v) is 2.50. The molecular weight excluding hydrogens is 160 g/mol. The first-order valence-corrected chi connectivity index (χ1v) is 5.68. The average Bonchev–Trinajstić information content (AvgIpc) is 2.14. The second-order valence-electron chi connectivity index (χ2n) is 3.99. The van der Waals surface area contributed by atoms with Crippen LogP contribution in [0.1, 0.15) is 46.5 Å². The minimum absolute atomic E-state index is 0.469. The first-order chi connectivity index (χ1) is 6.24. The Morgan fingerprint density at radius 3 is 2.08 bits per heavy atom. The van der Waals surface area contributed by atoms with Crippen LogP contribution in [0.2, 0.25) is 0 Å². The van der Waals surface area contributed by atoms with E-state index in [1.54, 1.807) is 0 Å². The Hall–Kier alpha value is -0.0800. The second kappa shape index (κ2) is 8.52. The highest BCUT2D eigenvalue weighted by Crippen LogP contribution is 2.12. The van der Waals surface area contributed by atoms with Gasteiger partial charge in [0.25, 0.3) is 0 Å². The molecule has 1 atom stereocenters. The molecule has 0 aromatic heterocycles. The summed E-state index contributed by atoms with van der Waals surface area (Å²) in [6.07, 6.45) is 5.28. The molecule has 0 unspecified atom stereocenters. The number of hydrogen-bond donors (Lipinski definition) is 2. The van der Waals surface area contributed by atoms with Crippen molar-refractivity contribution in [3.05, 3.63) is 0 Å². The summed E-state index contributed by atoms with van der Waals surface area (Å²) >= 11 is 0. The van der Waals surface area contributed by atoms with E-state index in [1.807, 2.05) is 0 Å². The topological polar surface area (TPSA) is 38.0 Å². The Bertz CT molecular complexity index is 98.3. The first kappa shape index (κ1) is 12.9. The fraction of sp³-hybridized carbons (Fsp3) is 1.00. The van der Waals surface area contributed by atoms with Gasteiger partial charge < -0.3 is 11.1 Å². The van der Waals surface area contributed by atoms with Gasteiger partial charge in [0.2, 0.25) is 0 Å². The zero-order valence-corrected chi connectivity index (χ0v) is 9.47. The lowest BCUT2D eigenvalue weighted by Crippen LogP contribution is -2.36. The summed E-state index contributed by atoms with van der Waals surface area (Å²) in [5.74, 6) is 0.851. The van der Waals surface area contributed by atoms with Crippen molar-refractivity contribution < 1.29 is 0 Å². The van der Waals surface area contributed by atoms with Crippen LogP contribution >= 0.6 is 0 Å². The van der Waals surface area contributed by atoms with Gasteiger partial charge >= 0.3 is 0 Å². The average molecular weight is 186 g/mol. The quantitative estimate of drug-likeness (QED) is 0.609. The van der Waals surface area contributed by atoms with Crippen LogP contribution in [0.15, 0.2) is 0 Å². The third kappa shape index (κ3) is 7.03. The van der Waals surface area contributed by atoms with E-state index >= 15 is 0 Å². The van der Waals surface area contributed by atoms with Gasteiger partial charge in [0.1, 0.15) is 0 Å². The molecule has 0 rings (SSSR count). The van der Waals surface area contributed by atoms with Gasteiger partial charge in [0.15, 0.2) is 0 Å². The van der Waals surface area contributed by atoms with E-state index in [9.17, 15) is 0 Å². The molecule has 80 valence electrons. The highest BCUT2D eigenvalue weighted by molar-refractivity contribution is 4.66. The Labute approximate surface area is 83.3 Å². The van der Waals surface area contributed by atoms with Crippen molar-refractivity contribution in [3.63, 3.8) is 0 Å². The molecule has 2 nitrogen and oxygen atoms in total. The van der Waals surface area contributed by atoms with Gasteiger partial charge in [0.05, 0.1) is 0 Å². The van der Waals surface area contributed by atoms with Gasteiger partial charge in [-0.15, -0.1) is 0 Å². The fourth-order valence-electron chi connectivity index (χ4n) is 1.62. The van der Waals surface area contributed by atoms with E-state index in [0.717, 1.165) is 19.0 Å². The lowest BCUT2D eigenvalue weighted by molar-refractivity contribution is 0.389. The molecular formula is C11H26N2. The van der Waals surface area contributed by atoms with Gasteiger partial charge in [-0.05, 0) is 32.2 Å². The summed E-state index contributed by atoms with van der Waals surface area (Å²) in [5.41, 5.74) is 5.54. The Morgan fingerprint density at radius 2 is 1.69 bits per heavy atom. The zero-order chi connectivity index (χ0) is 10.1. The molecule has 0 aromatic rings. The molecule has 0 bridgehead atoms. The Balaban J connectivity index is 3.55. The molecule has 0 aliphatic heterocycles. The van der Waals surface area contributed by atoms with Gasteiger partial charge in [-0.3, -0.25) is 0 Å². The predicted octanol–water partition coefficient (Wildman–Crippen LogP) is 2.14. The van der Waals surface area contributed by atoms with E-state index < -0.39 is 0 Å². The Kier molecular flexibility index (Phi) is 8.46. The molecule has 0 fully saturated rings. The van der Waals surface area contributed by atoms with E-state index in [0.29, 0.717) is 6.04 Å². The maximum atomic E-state index is 5.54. The van der Waals surface area contributed by atoms with Gasteiger partial charge in [-0.2, -0.15) is 0 Å². The second-order valence-corrected chi connectivity index (χ2v) is 3.99. The zero-order valence-electron chi connectivity index (χ0n) is 9.47. The third-order valence-electron chi connectivity index (χ3n) is 2.50. The minimum Gasteiger partial charge on any atom is -0.329 e. The van der Waals surface area contributed by atoms with E-state index in [2.05, 4.69) is 26.1 Å². The normalized spacial score (nSPS) is 13.6. The smallest absolute Gasteiger partial charge is 0.0162 e. The molecule has 3 N–H and O–H groups in total. The van der Waals surface area contributed by atoms with Gasteiger partial charge in [-0.25, -0.2) is 0 Å². The first-order valence-electron chi connectivity index (χ1n) is 5.68. The Morgan fingerprint density at radius 1 is 1.15 bits per heavy atom. The summed E-state index contributed by atoms with van der Waals surface area (Å²) in [4.78, 5) is 0. The molecule has 0 saturated heterocycles. The molecule has 13 heavy (non-hydrogen) atoms. The van der Waals surface area contributed by atoms with Crippen LogP contribution in [0.25, 0.3) is 0 Å². The number of hydrogen-bond acceptors (Lipinski definition) is 2. The summed E-state index contributed by atoms with van der Waals surface area (Å²) in [5, 5.41) is 3.48. The van der Waals surface area contributed by atoms with Crippen molar-refractivity contribution in [3.8, 4) is 0 Å². The van der Waals surface area contributed by atoms with E-state index in [4.69, 9.17) is 5.73 Å². The van der Waals surface area contributed by atoms with Crippen LogP contribution in [0.5, 0.6) is 0 Å². The number of rotatable bonds is 8. The summed E-state index contributed by atoms with van der Waals surface area (Å²) < 4.78 is 0. The predicted molar refractivity (Wildman–Crippen MR) is 59.8 cm³/mol. The van der Waals surface area contributed by atoms with Crippen molar-refractivity contribution in [2.24, 2.45) is 11.7 Å². The number of nitrogens with one attached hydrogen (secondary N) is 1.